The van der Waals surface area contributed by atoms with Crippen LogP contribution in [0.25, 0.3) is 0 Å². The van der Waals surface area contributed by atoms with Crippen molar-refractivity contribution in [2.75, 3.05) is 32.7 Å². The zero-order chi connectivity index (χ0) is 15.6. The number of aromatic nitrogens is 3. The van der Waals surface area contributed by atoms with Crippen LogP contribution in [-0.4, -0.2) is 58.3 Å². The van der Waals surface area contributed by atoms with E-state index in [2.05, 4.69) is 37.5 Å². The molecule has 1 fully saturated rings. The molecular weight excluding hydrogens is 278 g/mol. The fraction of sp³-hybridized carbons (Fsp3) is 0.800. The first-order valence-electron chi connectivity index (χ1n) is 8.37. The zero-order valence-corrected chi connectivity index (χ0v) is 13.9. The standard InChI is InChI=1S/C15H29N7/c1-3-16-15(18-12-14-19-13-20-21(14)2)17-8-11-22-9-6-4-5-7-10-22/h13H,3-12H2,1-2H3,(H2,16,17,18). The highest BCUT2D eigenvalue weighted by atomic mass is 15.3. The SMILES string of the molecule is CCNC(=NCc1ncnn1C)NCCN1CCCCCC1. The molecule has 1 aromatic rings. The molecule has 0 aliphatic carbocycles. The van der Waals surface area contributed by atoms with E-state index in [0.717, 1.165) is 31.4 Å². The van der Waals surface area contributed by atoms with E-state index >= 15 is 0 Å². The van der Waals surface area contributed by atoms with Crippen LogP contribution in [0.4, 0.5) is 0 Å². The molecule has 1 aliphatic rings. The summed E-state index contributed by atoms with van der Waals surface area (Å²) in [5.41, 5.74) is 0. The Morgan fingerprint density at radius 1 is 1.23 bits per heavy atom. The first-order chi connectivity index (χ1) is 10.8. The van der Waals surface area contributed by atoms with E-state index in [1.165, 1.54) is 38.8 Å². The Bertz CT molecular complexity index is 446. The van der Waals surface area contributed by atoms with Crippen molar-refractivity contribution in [1.82, 2.24) is 30.3 Å². The van der Waals surface area contributed by atoms with Crippen LogP contribution in [0.3, 0.4) is 0 Å². The van der Waals surface area contributed by atoms with Gasteiger partial charge in [0, 0.05) is 26.7 Å². The number of nitrogens with one attached hydrogen (secondary N) is 2. The van der Waals surface area contributed by atoms with Crippen molar-refractivity contribution in [1.29, 1.82) is 0 Å². The number of nitrogens with zero attached hydrogens (tertiary/aromatic N) is 5. The Morgan fingerprint density at radius 3 is 2.64 bits per heavy atom. The van der Waals surface area contributed by atoms with Crippen LogP contribution >= 0.6 is 0 Å². The van der Waals surface area contributed by atoms with Crippen molar-refractivity contribution in [2.45, 2.75) is 39.2 Å². The van der Waals surface area contributed by atoms with Gasteiger partial charge >= 0.3 is 0 Å². The van der Waals surface area contributed by atoms with E-state index in [1.807, 2.05) is 7.05 Å². The fourth-order valence-corrected chi connectivity index (χ4v) is 2.65. The van der Waals surface area contributed by atoms with Crippen LogP contribution < -0.4 is 10.6 Å². The topological polar surface area (TPSA) is 70.4 Å². The maximum absolute atomic E-state index is 4.57. The largest absolute Gasteiger partial charge is 0.357 e. The van der Waals surface area contributed by atoms with Gasteiger partial charge in [0.2, 0.25) is 0 Å². The molecule has 7 nitrogen and oxygen atoms in total. The van der Waals surface area contributed by atoms with Gasteiger partial charge in [0.1, 0.15) is 18.7 Å². The molecule has 7 heteroatoms. The zero-order valence-electron chi connectivity index (χ0n) is 13.9. The lowest BCUT2D eigenvalue weighted by Crippen LogP contribution is -2.41. The molecule has 0 spiro atoms. The summed E-state index contributed by atoms with van der Waals surface area (Å²) >= 11 is 0. The molecular formula is C15H29N7. The summed E-state index contributed by atoms with van der Waals surface area (Å²) in [7, 11) is 1.89. The maximum atomic E-state index is 4.57. The number of rotatable bonds is 6. The van der Waals surface area contributed by atoms with Gasteiger partial charge in [-0.3, -0.25) is 4.68 Å². The van der Waals surface area contributed by atoms with Crippen molar-refractivity contribution >= 4 is 5.96 Å². The van der Waals surface area contributed by atoms with Gasteiger partial charge in [-0.25, -0.2) is 9.98 Å². The van der Waals surface area contributed by atoms with Gasteiger partial charge in [-0.1, -0.05) is 12.8 Å². The molecule has 0 unspecified atom stereocenters. The number of likely N-dealkylation sites (tertiary alicyclic amines) is 1. The summed E-state index contributed by atoms with van der Waals surface area (Å²) in [4.78, 5) is 11.3. The van der Waals surface area contributed by atoms with Crippen LogP contribution in [0.15, 0.2) is 11.3 Å². The minimum Gasteiger partial charge on any atom is -0.357 e. The third kappa shape index (κ3) is 5.63. The molecule has 2 heterocycles. The Balaban J connectivity index is 1.76. The highest BCUT2D eigenvalue weighted by Crippen LogP contribution is 2.08. The summed E-state index contributed by atoms with van der Waals surface area (Å²) in [5, 5.41) is 10.7. The monoisotopic (exact) mass is 307 g/mol. The van der Waals surface area contributed by atoms with Gasteiger partial charge in [-0.2, -0.15) is 5.10 Å². The Labute approximate surface area is 133 Å². The number of aliphatic imine (C=N–C) groups is 1. The van der Waals surface area contributed by atoms with Crippen LogP contribution in [0.2, 0.25) is 0 Å². The second-order valence-corrected chi connectivity index (χ2v) is 5.68. The van der Waals surface area contributed by atoms with Gasteiger partial charge in [-0.05, 0) is 32.9 Å². The smallest absolute Gasteiger partial charge is 0.191 e. The van der Waals surface area contributed by atoms with Crippen LogP contribution in [0.1, 0.15) is 38.4 Å². The van der Waals surface area contributed by atoms with Crippen LogP contribution in [0.5, 0.6) is 0 Å². The third-order valence-electron chi connectivity index (χ3n) is 3.95. The normalized spacial score (nSPS) is 17.3. The minimum absolute atomic E-state index is 0.537. The molecule has 1 saturated heterocycles. The van der Waals surface area contributed by atoms with Gasteiger partial charge in [0.25, 0.3) is 0 Å². The van der Waals surface area contributed by atoms with E-state index in [4.69, 9.17) is 0 Å². The van der Waals surface area contributed by atoms with E-state index in [-0.39, 0.29) is 0 Å². The lowest BCUT2D eigenvalue weighted by molar-refractivity contribution is 0.289. The molecule has 0 aromatic carbocycles. The second-order valence-electron chi connectivity index (χ2n) is 5.68. The highest BCUT2D eigenvalue weighted by molar-refractivity contribution is 5.79. The minimum atomic E-state index is 0.537. The third-order valence-corrected chi connectivity index (χ3v) is 3.95. The molecule has 0 amide bonds. The Morgan fingerprint density at radius 2 is 2.00 bits per heavy atom. The molecule has 22 heavy (non-hydrogen) atoms. The first kappa shape index (κ1) is 16.7. The number of aryl methyl sites for hydroxylation is 1. The molecule has 124 valence electrons. The summed E-state index contributed by atoms with van der Waals surface area (Å²) in [5.74, 6) is 1.71. The predicted molar refractivity (Wildman–Crippen MR) is 88.7 cm³/mol. The predicted octanol–water partition coefficient (Wildman–Crippen LogP) is 0.746. The maximum Gasteiger partial charge on any atom is 0.191 e. The molecule has 1 aliphatic heterocycles. The molecule has 0 atom stereocenters. The molecule has 1 aromatic heterocycles. The van der Waals surface area contributed by atoms with Crippen LogP contribution in [-0.2, 0) is 13.6 Å². The average molecular weight is 307 g/mol. The Kier molecular flexibility index (Phi) is 7.15. The molecule has 0 bridgehead atoms. The summed E-state index contributed by atoms with van der Waals surface area (Å²) in [6.07, 6.45) is 6.99. The quantitative estimate of drug-likeness (QED) is 0.599. The fourth-order valence-electron chi connectivity index (χ4n) is 2.65. The molecule has 0 saturated carbocycles. The number of guanidine groups is 1. The van der Waals surface area contributed by atoms with Crippen molar-refractivity contribution in [3.05, 3.63) is 12.2 Å². The van der Waals surface area contributed by atoms with E-state index in [1.54, 1.807) is 11.0 Å². The van der Waals surface area contributed by atoms with Crippen molar-refractivity contribution in [2.24, 2.45) is 12.0 Å². The summed E-state index contributed by atoms with van der Waals surface area (Å²) < 4.78 is 1.75. The Hall–Kier alpha value is -1.63. The second kappa shape index (κ2) is 9.40. The molecule has 2 rings (SSSR count). The van der Waals surface area contributed by atoms with Crippen molar-refractivity contribution in [3.63, 3.8) is 0 Å². The first-order valence-corrected chi connectivity index (χ1v) is 8.37. The van der Waals surface area contributed by atoms with Gasteiger partial charge in [0.05, 0.1) is 0 Å². The molecule has 2 N–H and O–H groups in total. The van der Waals surface area contributed by atoms with Crippen molar-refractivity contribution in [3.8, 4) is 0 Å². The van der Waals surface area contributed by atoms with E-state index in [9.17, 15) is 0 Å². The summed E-state index contributed by atoms with van der Waals surface area (Å²) in [6, 6.07) is 0. The summed E-state index contributed by atoms with van der Waals surface area (Å²) in [6.45, 7) is 7.93. The number of hydrogen-bond donors (Lipinski definition) is 2. The molecule has 0 radical (unpaired) electrons. The number of hydrogen-bond acceptors (Lipinski definition) is 4. The van der Waals surface area contributed by atoms with E-state index < -0.39 is 0 Å². The average Bonchev–Trinajstić information content (AvgIpc) is 2.76. The van der Waals surface area contributed by atoms with E-state index in [0.29, 0.717) is 6.54 Å². The van der Waals surface area contributed by atoms with Gasteiger partial charge in [-0.15, -0.1) is 0 Å². The van der Waals surface area contributed by atoms with Crippen LogP contribution in [0, 0.1) is 0 Å². The highest BCUT2D eigenvalue weighted by Gasteiger charge is 2.08. The van der Waals surface area contributed by atoms with Gasteiger partial charge in [0.15, 0.2) is 5.96 Å². The van der Waals surface area contributed by atoms with Gasteiger partial charge < -0.3 is 15.5 Å². The lowest BCUT2D eigenvalue weighted by Gasteiger charge is -2.20. The lowest BCUT2D eigenvalue weighted by atomic mass is 10.2. The van der Waals surface area contributed by atoms with Crippen molar-refractivity contribution < 1.29 is 0 Å².